The first-order valence-electron chi connectivity index (χ1n) is 11.6. The molecular formula is C24H36N6O2. The minimum absolute atomic E-state index is 0.538. The van der Waals surface area contributed by atoms with Gasteiger partial charge in [-0.2, -0.15) is 4.98 Å². The van der Waals surface area contributed by atoms with Crippen LogP contribution in [0.5, 0.6) is 11.5 Å². The zero-order chi connectivity index (χ0) is 22.5. The van der Waals surface area contributed by atoms with Crippen molar-refractivity contribution in [1.82, 2.24) is 14.9 Å². The summed E-state index contributed by atoms with van der Waals surface area (Å²) in [5.41, 5.74) is 1.80. The van der Waals surface area contributed by atoms with E-state index >= 15 is 0 Å². The lowest BCUT2D eigenvalue weighted by Crippen LogP contribution is -2.49. The van der Waals surface area contributed by atoms with E-state index in [0.29, 0.717) is 29.4 Å². The van der Waals surface area contributed by atoms with Gasteiger partial charge in [-0.1, -0.05) is 6.42 Å². The fourth-order valence-corrected chi connectivity index (χ4v) is 4.94. The molecule has 174 valence electrons. The molecule has 0 amide bonds. The van der Waals surface area contributed by atoms with Crippen LogP contribution in [0.3, 0.4) is 0 Å². The number of methoxy groups -OCH3 is 2. The van der Waals surface area contributed by atoms with E-state index in [1.165, 1.54) is 45.2 Å². The fraction of sp³-hybridized carbons (Fsp3) is 0.583. The summed E-state index contributed by atoms with van der Waals surface area (Å²) in [5, 5.41) is 6.95. The minimum Gasteiger partial charge on any atom is -0.497 e. The lowest BCUT2D eigenvalue weighted by Gasteiger charge is -2.44. The molecule has 2 saturated heterocycles. The summed E-state index contributed by atoms with van der Waals surface area (Å²) < 4.78 is 10.7. The van der Waals surface area contributed by atoms with Gasteiger partial charge in [-0.05, 0) is 44.7 Å². The predicted molar refractivity (Wildman–Crippen MR) is 130 cm³/mol. The largest absolute Gasteiger partial charge is 0.497 e. The Kier molecular flexibility index (Phi) is 7.19. The molecule has 0 bridgehead atoms. The van der Waals surface area contributed by atoms with Crippen molar-refractivity contribution in [2.75, 3.05) is 63.5 Å². The second-order valence-corrected chi connectivity index (χ2v) is 8.93. The van der Waals surface area contributed by atoms with E-state index in [0.717, 1.165) is 23.7 Å². The highest BCUT2D eigenvalue weighted by Gasteiger charge is 2.32. The van der Waals surface area contributed by atoms with Crippen LogP contribution in [0.1, 0.15) is 32.1 Å². The molecule has 2 fully saturated rings. The van der Waals surface area contributed by atoms with Gasteiger partial charge < -0.3 is 29.9 Å². The maximum absolute atomic E-state index is 5.37. The Morgan fingerprint density at radius 3 is 2.50 bits per heavy atom. The van der Waals surface area contributed by atoms with Gasteiger partial charge in [-0.3, -0.25) is 0 Å². The number of anilines is 4. The van der Waals surface area contributed by atoms with Crippen molar-refractivity contribution < 1.29 is 9.47 Å². The molecule has 0 radical (unpaired) electrons. The van der Waals surface area contributed by atoms with Gasteiger partial charge in [0.05, 0.1) is 26.1 Å². The second-order valence-electron chi connectivity index (χ2n) is 8.93. The van der Waals surface area contributed by atoms with E-state index in [1.807, 2.05) is 38.5 Å². The van der Waals surface area contributed by atoms with E-state index in [-0.39, 0.29) is 0 Å². The van der Waals surface area contributed by atoms with Crippen LogP contribution in [0.2, 0.25) is 0 Å². The van der Waals surface area contributed by atoms with Crippen LogP contribution in [0, 0.1) is 5.92 Å². The molecule has 0 saturated carbocycles. The number of benzene rings is 1. The number of nitrogens with zero attached hydrogens (tertiary/aromatic N) is 4. The summed E-state index contributed by atoms with van der Waals surface area (Å²) in [6, 6.07) is 6.35. The van der Waals surface area contributed by atoms with Crippen molar-refractivity contribution in [3.05, 3.63) is 24.4 Å². The number of hydrogen-bond acceptors (Lipinski definition) is 8. The zero-order valence-corrected chi connectivity index (χ0v) is 19.7. The van der Waals surface area contributed by atoms with Gasteiger partial charge in [0, 0.05) is 50.6 Å². The fourth-order valence-electron chi connectivity index (χ4n) is 4.94. The van der Waals surface area contributed by atoms with Gasteiger partial charge in [0.1, 0.15) is 11.5 Å². The first kappa shape index (κ1) is 22.5. The number of ether oxygens (including phenoxy) is 2. The molecule has 0 spiro atoms. The van der Waals surface area contributed by atoms with Crippen molar-refractivity contribution in [3.8, 4) is 11.5 Å². The number of aromatic nitrogens is 2. The molecule has 4 rings (SSSR count). The average molecular weight is 441 g/mol. The third-order valence-electron chi connectivity index (χ3n) is 6.62. The second kappa shape index (κ2) is 10.3. The Hall–Kier alpha value is -2.74. The topological polar surface area (TPSA) is 74.8 Å². The van der Waals surface area contributed by atoms with Gasteiger partial charge >= 0.3 is 0 Å². The number of nitrogens with one attached hydrogen (secondary N) is 2. The lowest BCUT2D eigenvalue weighted by molar-refractivity contribution is 0.0649. The molecule has 2 unspecified atom stereocenters. The highest BCUT2D eigenvalue weighted by atomic mass is 16.5. The van der Waals surface area contributed by atoms with E-state index in [2.05, 4.69) is 25.4 Å². The van der Waals surface area contributed by atoms with E-state index < -0.39 is 0 Å². The van der Waals surface area contributed by atoms with Crippen LogP contribution >= 0.6 is 0 Å². The molecule has 3 heterocycles. The lowest BCUT2D eigenvalue weighted by atomic mass is 9.83. The van der Waals surface area contributed by atoms with Gasteiger partial charge in [-0.15, -0.1) is 0 Å². The summed E-state index contributed by atoms with van der Waals surface area (Å²) in [4.78, 5) is 14.1. The van der Waals surface area contributed by atoms with Gasteiger partial charge in [0.25, 0.3) is 0 Å². The third-order valence-corrected chi connectivity index (χ3v) is 6.62. The summed E-state index contributed by atoms with van der Waals surface area (Å²) >= 11 is 0. The Labute approximate surface area is 191 Å². The van der Waals surface area contributed by atoms with Crippen LogP contribution in [-0.2, 0) is 0 Å². The maximum Gasteiger partial charge on any atom is 0.229 e. The maximum atomic E-state index is 5.37. The summed E-state index contributed by atoms with van der Waals surface area (Å²) in [6.45, 7) is 3.46. The Morgan fingerprint density at radius 1 is 1.03 bits per heavy atom. The summed E-state index contributed by atoms with van der Waals surface area (Å²) in [6.07, 6.45) is 8.45. The molecule has 2 aliphatic rings. The number of hydrogen-bond donors (Lipinski definition) is 2. The molecule has 32 heavy (non-hydrogen) atoms. The summed E-state index contributed by atoms with van der Waals surface area (Å²) in [7, 11) is 7.32. The number of rotatable bonds is 8. The standard InChI is InChI=1S/C24H36N6O2/c1-29(2)22-16-26-24(27-18-12-19(31-3)14-20(13-18)32-4)28-23(22)25-15-17-8-7-11-30-10-6-5-9-21(17)30/h12-14,16-17,21H,5-11,15H2,1-4H3,(H2,25,26,27,28). The molecule has 2 aliphatic heterocycles. The number of fused-ring (bicyclic) bond motifs is 1. The van der Waals surface area contributed by atoms with Crippen molar-refractivity contribution in [2.24, 2.45) is 5.92 Å². The molecular weight excluding hydrogens is 404 g/mol. The predicted octanol–water partition coefficient (Wildman–Crippen LogP) is 3.98. The molecule has 8 nitrogen and oxygen atoms in total. The number of piperidine rings is 2. The molecule has 0 aliphatic carbocycles. The van der Waals surface area contributed by atoms with Gasteiger partial charge in [0.15, 0.2) is 5.82 Å². The highest BCUT2D eigenvalue weighted by Crippen LogP contribution is 2.32. The molecule has 2 N–H and O–H groups in total. The zero-order valence-electron chi connectivity index (χ0n) is 19.7. The van der Waals surface area contributed by atoms with Crippen molar-refractivity contribution >= 4 is 23.1 Å². The minimum atomic E-state index is 0.538. The Morgan fingerprint density at radius 2 is 1.78 bits per heavy atom. The van der Waals surface area contributed by atoms with Crippen molar-refractivity contribution in [1.29, 1.82) is 0 Å². The van der Waals surface area contributed by atoms with Crippen molar-refractivity contribution in [2.45, 2.75) is 38.1 Å². The van der Waals surface area contributed by atoms with Gasteiger partial charge in [-0.25, -0.2) is 4.98 Å². The van der Waals surface area contributed by atoms with Crippen LogP contribution in [0.15, 0.2) is 24.4 Å². The molecule has 2 aromatic rings. The van der Waals surface area contributed by atoms with Crippen LogP contribution in [0.4, 0.5) is 23.1 Å². The van der Waals surface area contributed by atoms with Crippen LogP contribution in [-0.4, -0.2) is 68.9 Å². The van der Waals surface area contributed by atoms with E-state index in [9.17, 15) is 0 Å². The molecule has 2 atom stereocenters. The molecule has 1 aromatic carbocycles. The highest BCUT2D eigenvalue weighted by molar-refractivity contribution is 5.68. The quantitative estimate of drug-likeness (QED) is 0.639. The normalized spacial score (nSPS) is 20.9. The molecule has 8 heteroatoms. The average Bonchev–Trinajstić information content (AvgIpc) is 2.82. The van der Waals surface area contributed by atoms with Gasteiger partial charge in [0.2, 0.25) is 5.95 Å². The van der Waals surface area contributed by atoms with Crippen LogP contribution < -0.4 is 25.0 Å². The first-order chi connectivity index (χ1) is 15.6. The van der Waals surface area contributed by atoms with Crippen molar-refractivity contribution in [3.63, 3.8) is 0 Å². The smallest absolute Gasteiger partial charge is 0.229 e. The molecule has 1 aromatic heterocycles. The van der Waals surface area contributed by atoms with Crippen LogP contribution in [0.25, 0.3) is 0 Å². The third kappa shape index (κ3) is 5.18. The SMILES string of the molecule is COc1cc(Nc2ncc(N(C)C)c(NCC3CCCN4CCCCC34)n2)cc(OC)c1. The Balaban J connectivity index is 1.51. The van der Waals surface area contributed by atoms with E-state index in [1.54, 1.807) is 14.2 Å². The Bertz CT molecular complexity index is 882. The summed E-state index contributed by atoms with van der Waals surface area (Å²) in [5.74, 6) is 3.48. The monoisotopic (exact) mass is 440 g/mol. The van der Waals surface area contributed by atoms with E-state index in [4.69, 9.17) is 14.5 Å². The first-order valence-corrected chi connectivity index (χ1v) is 11.6.